The van der Waals surface area contributed by atoms with Gasteiger partial charge in [-0.15, -0.1) is 0 Å². The third-order valence-corrected chi connectivity index (χ3v) is 2.31. The highest BCUT2D eigenvalue weighted by atomic mass is 35.5. The number of benzene rings is 1. The van der Waals surface area contributed by atoms with Crippen LogP contribution in [-0.2, 0) is 4.79 Å². The number of hydrogen-bond donors (Lipinski definition) is 1. The van der Waals surface area contributed by atoms with Crippen LogP contribution in [0.5, 0.6) is 0 Å². The summed E-state index contributed by atoms with van der Waals surface area (Å²) in [7, 11) is 0. The molecule has 1 aromatic rings. The standard InChI is InChI=1S/C9H6ClFN2O2/c10-6-2-1-5(11)3-7(6)13-4-8(14)12-9(13)15/h1-3H,4H2,(H,12,14,15). The van der Waals surface area contributed by atoms with Gasteiger partial charge in [0, 0.05) is 0 Å². The average Bonchev–Trinajstić information content (AvgIpc) is 2.50. The van der Waals surface area contributed by atoms with E-state index in [9.17, 15) is 14.0 Å². The molecule has 0 unspecified atom stereocenters. The lowest BCUT2D eigenvalue weighted by atomic mass is 10.3. The fourth-order valence-electron chi connectivity index (χ4n) is 1.33. The molecule has 3 amide bonds. The highest BCUT2D eigenvalue weighted by Gasteiger charge is 2.29. The second-order valence-corrected chi connectivity index (χ2v) is 3.44. The van der Waals surface area contributed by atoms with Gasteiger partial charge in [0.05, 0.1) is 10.7 Å². The van der Waals surface area contributed by atoms with Gasteiger partial charge in [0.25, 0.3) is 0 Å². The Morgan fingerprint density at radius 2 is 2.13 bits per heavy atom. The number of amides is 3. The smallest absolute Gasteiger partial charge is 0.283 e. The lowest BCUT2D eigenvalue weighted by Crippen LogP contribution is -2.28. The van der Waals surface area contributed by atoms with Crippen LogP contribution in [0, 0.1) is 5.82 Å². The zero-order valence-corrected chi connectivity index (χ0v) is 8.21. The summed E-state index contributed by atoms with van der Waals surface area (Å²) in [5, 5.41) is 2.30. The molecule has 0 radical (unpaired) electrons. The van der Waals surface area contributed by atoms with Crippen molar-refractivity contribution in [3.8, 4) is 0 Å². The van der Waals surface area contributed by atoms with Crippen molar-refractivity contribution < 1.29 is 14.0 Å². The summed E-state index contributed by atoms with van der Waals surface area (Å²) in [6, 6.07) is 3.04. The molecule has 0 aliphatic carbocycles. The summed E-state index contributed by atoms with van der Waals surface area (Å²) in [4.78, 5) is 23.3. The van der Waals surface area contributed by atoms with E-state index in [0.29, 0.717) is 0 Å². The molecule has 1 aromatic carbocycles. The quantitative estimate of drug-likeness (QED) is 0.742. The van der Waals surface area contributed by atoms with Gasteiger partial charge < -0.3 is 0 Å². The summed E-state index contributed by atoms with van der Waals surface area (Å²) in [6.45, 7) is -0.137. The van der Waals surface area contributed by atoms with Crippen molar-refractivity contribution in [3.63, 3.8) is 0 Å². The fraction of sp³-hybridized carbons (Fsp3) is 0.111. The van der Waals surface area contributed by atoms with Crippen LogP contribution in [0.2, 0.25) is 5.02 Å². The van der Waals surface area contributed by atoms with E-state index in [1.807, 2.05) is 0 Å². The topological polar surface area (TPSA) is 49.4 Å². The van der Waals surface area contributed by atoms with E-state index in [1.54, 1.807) is 0 Å². The van der Waals surface area contributed by atoms with Gasteiger partial charge in [0.1, 0.15) is 12.4 Å². The van der Waals surface area contributed by atoms with Crippen molar-refractivity contribution in [3.05, 3.63) is 29.0 Å². The zero-order valence-electron chi connectivity index (χ0n) is 7.46. The van der Waals surface area contributed by atoms with E-state index in [1.165, 1.54) is 12.1 Å². The SMILES string of the molecule is O=C1CN(c2cc(F)ccc2Cl)C(=O)N1. The summed E-state index contributed by atoms with van der Waals surface area (Å²) >= 11 is 5.79. The number of urea groups is 1. The van der Waals surface area contributed by atoms with Crippen LogP contribution in [0.3, 0.4) is 0 Å². The Hall–Kier alpha value is -1.62. The predicted octanol–water partition coefficient (Wildman–Crippen LogP) is 1.54. The Morgan fingerprint density at radius 1 is 1.40 bits per heavy atom. The molecule has 0 aromatic heterocycles. The molecule has 2 rings (SSSR count). The summed E-state index contributed by atoms with van der Waals surface area (Å²) in [6.07, 6.45) is 0. The van der Waals surface area contributed by atoms with Crippen LogP contribution >= 0.6 is 11.6 Å². The van der Waals surface area contributed by atoms with Crippen LogP contribution in [0.4, 0.5) is 14.9 Å². The van der Waals surface area contributed by atoms with Crippen LogP contribution in [0.15, 0.2) is 18.2 Å². The van der Waals surface area contributed by atoms with Gasteiger partial charge in [-0.25, -0.2) is 9.18 Å². The van der Waals surface area contributed by atoms with E-state index < -0.39 is 17.8 Å². The van der Waals surface area contributed by atoms with Crippen molar-refractivity contribution in [2.24, 2.45) is 0 Å². The largest absolute Gasteiger partial charge is 0.329 e. The second-order valence-electron chi connectivity index (χ2n) is 3.04. The first-order valence-electron chi connectivity index (χ1n) is 4.14. The normalized spacial score (nSPS) is 15.7. The number of anilines is 1. The first-order valence-corrected chi connectivity index (χ1v) is 4.52. The first-order chi connectivity index (χ1) is 7.08. The van der Waals surface area contributed by atoms with E-state index >= 15 is 0 Å². The van der Waals surface area contributed by atoms with E-state index in [0.717, 1.165) is 11.0 Å². The molecule has 78 valence electrons. The minimum atomic E-state index is -0.590. The monoisotopic (exact) mass is 228 g/mol. The van der Waals surface area contributed by atoms with E-state index in [2.05, 4.69) is 5.32 Å². The fourth-order valence-corrected chi connectivity index (χ4v) is 1.55. The third kappa shape index (κ3) is 1.78. The Kier molecular flexibility index (Phi) is 2.32. The molecule has 1 aliphatic rings. The molecule has 0 spiro atoms. The van der Waals surface area contributed by atoms with Crippen LogP contribution in [-0.4, -0.2) is 18.5 Å². The maximum atomic E-state index is 12.9. The Bertz CT molecular complexity index is 450. The number of imide groups is 1. The molecular formula is C9H6ClFN2O2. The molecule has 4 nitrogen and oxygen atoms in total. The van der Waals surface area contributed by atoms with Crippen molar-refractivity contribution in [1.82, 2.24) is 5.32 Å². The highest BCUT2D eigenvalue weighted by molar-refractivity contribution is 6.34. The lowest BCUT2D eigenvalue weighted by molar-refractivity contribution is -0.117. The van der Waals surface area contributed by atoms with Gasteiger partial charge in [-0.1, -0.05) is 11.6 Å². The Balaban J connectivity index is 2.41. The maximum absolute atomic E-state index is 12.9. The first kappa shape index (κ1) is 9.92. The lowest BCUT2D eigenvalue weighted by Gasteiger charge is -2.14. The van der Waals surface area contributed by atoms with Crippen molar-refractivity contribution in [1.29, 1.82) is 0 Å². The molecule has 1 N–H and O–H groups in total. The molecule has 0 bridgehead atoms. The average molecular weight is 229 g/mol. The highest BCUT2D eigenvalue weighted by Crippen LogP contribution is 2.27. The molecule has 6 heteroatoms. The molecule has 1 aliphatic heterocycles. The van der Waals surface area contributed by atoms with Gasteiger partial charge in [0.15, 0.2) is 0 Å². The maximum Gasteiger partial charge on any atom is 0.329 e. The number of hydrogen-bond acceptors (Lipinski definition) is 2. The van der Waals surface area contributed by atoms with Crippen LogP contribution in [0.1, 0.15) is 0 Å². The van der Waals surface area contributed by atoms with Gasteiger partial charge in [-0.05, 0) is 18.2 Å². The van der Waals surface area contributed by atoms with E-state index in [4.69, 9.17) is 11.6 Å². The second kappa shape index (κ2) is 3.51. The molecule has 15 heavy (non-hydrogen) atoms. The van der Waals surface area contributed by atoms with Crippen LogP contribution < -0.4 is 10.2 Å². The van der Waals surface area contributed by atoms with Crippen molar-refractivity contribution in [2.75, 3.05) is 11.4 Å². The summed E-state index contributed by atoms with van der Waals surface area (Å²) in [5.74, 6) is -0.943. The molecule has 1 fully saturated rings. The Morgan fingerprint density at radius 3 is 2.73 bits per heavy atom. The van der Waals surface area contributed by atoms with Gasteiger partial charge in [-0.2, -0.15) is 0 Å². The predicted molar refractivity (Wildman–Crippen MR) is 52.3 cm³/mol. The van der Waals surface area contributed by atoms with Gasteiger partial charge in [0.2, 0.25) is 5.91 Å². The summed E-state index contributed by atoms with van der Waals surface area (Å²) < 4.78 is 12.9. The number of rotatable bonds is 1. The number of nitrogens with one attached hydrogen (secondary N) is 1. The van der Waals surface area contributed by atoms with Gasteiger partial charge in [-0.3, -0.25) is 15.0 Å². The van der Waals surface area contributed by atoms with Gasteiger partial charge >= 0.3 is 6.03 Å². The van der Waals surface area contributed by atoms with Crippen molar-refractivity contribution >= 4 is 29.2 Å². The third-order valence-electron chi connectivity index (χ3n) is 1.99. The number of carbonyl (C=O) groups excluding carboxylic acids is 2. The minimum Gasteiger partial charge on any atom is -0.283 e. The molecule has 1 heterocycles. The number of halogens is 2. The zero-order chi connectivity index (χ0) is 11.0. The molecular weight excluding hydrogens is 223 g/mol. The molecule has 1 saturated heterocycles. The van der Waals surface area contributed by atoms with Crippen LogP contribution in [0.25, 0.3) is 0 Å². The summed E-state index contributed by atoms with van der Waals surface area (Å²) in [5.41, 5.74) is 0.194. The Labute approximate surface area is 89.6 Å². The molecule has 0 saturated carbocycles. The minimum absolute atomic E-state index is 0.137. The number of carbonyl (C=O) groups is 2. The number of nitrogens with zero attached hydrogens (tertiary/aromatic N) is 1. The van der Waals surface area contributed by atoms with Crippen molar-refractivity contribution in [2.45, 2.75) is 0 Å². The van der Waals surface area contributed by atoms with E-state index in [-0.39, 0.29) is 17.3 Å². The molecule has 0 atom stereocenters.